The van der Waals surface area contributed by atoms with Crippen molar-refractivity contribution in [2.45, 2.75) is 19.5 Å². The molecule has 6 heteroatoms. The van der Waals surface area contributed by atoms with Crippen molar-refractivity contribution in [3.8, 4) is 11.8 Å². The SMILES string of the molecule is CC1CS(=O)(=O)CCN1Cc1ccc(C#CCN)cc1F. The molecule has 1 heterocycles. The van der Waals surface area contributed by atoms with E-state index in [2.05, 4.69) is 11.8 Å². The average molecular weight is 310 g/mol. The van der Waals surface area contributed by atoms with E-state index < -0.39 is 9.84 Å². The quantitative estimate of drug-likeness (QED) is 0.819. The van der Waals surface area contributed by atoms with Gasteiger partial charge in [-0.1, -0.05) is 17.9 Å². The van der Waals surface area contributed by atoms with Gasteiger partial charge in [-0.3, -0.25) is 4.90 Å². The monoisotopic (exact) mass is 310 g/mol. The molecule has 4 nitrogen and oxygen atoms in total. The van der Waals surface area contributed by atoms with E-state index in [0.717, 1.165) is 0 Å². The highest BCUT2D eigenvalue weighted by Gasteiger charge is 2.28. The van der Waals surface area contributed by atoms with Crippen molar-refractivity contribution in [3.05, 3.63) is 35.1 Å². The van der Waals surface area contributed by atoms with Gasteiger partial charge in [-0.15, -0.1) is 0 Å². The van der Waals surface area contributed by atoms with Crippen molar-refractivity contribution in [2.24, 2.45) is 5.73 Å². The summed E-state index contributed by atoms with van der Waals surface area (Å²) < 4.78 is 37.2. The molecule has 0 saturated carbocycles. The largest absolute Gasteiger partial charge is 0.320 e. The van der Waals surface area contributed by atoms with Crippen molar-refractivity contribution in [2.75, 3.05) is 24.6 Å². The topological polar surface area (TPSA) is 63.4 Å². The third kappa shape index (κ3) is 4.27. The molecule has 0 bridgehead atoms. The highest BCUT2D eigenvalue weighted by Crippen LogP contribution is 2.18. The number of nitrogens with zero attached hydrogens (tertiary/aromatic N) is 1. The predicted molar refractivity (Wildman–Crippen MR) is 80.9 cm³/mol. The molecule has 1 aromatic rings. The van der Waals surface area contributed by atoms with Gasteiger partial charge in [0.15, 0.2) is 9.84 Å². The van der Waals surface area contributed by atoms with Crippen LogP contribution in [-0.2, 0) is 16.4 Å². The lowest BCUT2D eigenvalue weighted by atomic mass is 10.1. The number of hydrogen-bond acceptors (Lipinski definition) is 4. The fraction of sp³-hybridized carbons (Fsp3) is 0.467. The van der Waals surface area contributed by atoms with Crippen molar-refractivity contribution < 1.29 is 12.8 Å². The van der Waals surface area contributed by atoms with E-state index in [-0.39, 0.29) is 29.9 Å². The lowest BCUT2D eigenvalue weighted by Crippen LogP contribution is -2.46. The Bertz CT molecular complexity index is 677. The Morgan fingerprint density at radius 3 is 2.86 bits per heavy atom. The standard InChI is InChI=1S/C15H19FN2O2S/c1-12-11-21(19,20)8-7-18(12)10-14-5-4-13(3-2-6-17)9-15(14)16/h4-5,9,12H,6-8,10-11,17H2,1H3. The molecule has 2 N–H and O–H groups in total. The Morgan fingerprint density at radius 2 is 2.24 bits per heavy atom. The Balaban J connectivity index is 2.10. The fourth-order valence-electron chi connectivity index (χ4n) is 2.39. The molecule has 0 aliphatic carbocycles. The van der Waals surface area contributed by atoms with Crippen LogP contribution in [0.4, 0.5) is 4.39 Å². The summed E-state index contributed by atoms with van der Waals surface area (Å²) >= 11 is 0. The maximum Gasteiger partial charge on any atom is 0.153 e. The summed E-state index contributed by atoms with van der Waals surface area (Å²) in [5, 5.41) is 0. The molecule has 1 aliphatic rings. The van der Waals surface area contributed by atoms with Crippen molar-refractivity contribution in [1.82, 2.24) is 4.90 Å². The van der Waals surface area contributed by atoms with Gasteiger partial charge in [0, 0.05) is 30.3 Å². The number of hydrogen-bond donors (Lipinski definition) is 1. The molecule has 21 heavy (non-hydrogen) atoms. The van der Waals surface area contributed by atoms with Crippen LogP contribution < -0.4 is 5.73 Å². The van der Waals surface area contributed by atoms with Gasteiger partial charge in [0.2, 0.25) is 0 Å². The highest BCUT2D eigenvalue weighted by atomic mass is 32.2. The van der Waals surface area contributed by atoms with Crippen LogP contribution in [0.15, 0.2) is 18.2 Å². The van der Waals surface area contributed by atoms with E-state index in [0.29, 0.717) is 24.2 Å². The summed E-state index contributed by atoms with van der Waals surface area (Å²) in [5.41, 5.74) is 6.43. The first-order chi connectivity index (χ1) is 9.91. The van der Waals surface area contributed by atoms with Crippen molar-refractivity contribution in [1.29, 1.82) is 0 Å². The first-order valence-corrected chi connectivity index (χ1v) is 8.65. The number of benzene rings is 1. The fourth-order valence-corrected chi connectivity index (χ4v) is 4.02. The van der Waals surface area contributed by atoms with Gasteiger partial charge in [0.25, 0.3) is 0 Å². The molecule has 1 aromatic carbocycles. The second kappa shape index (κ2) is 6.56. The minimum Gasteiger partial charge on any atom is -0.320 e. The summed E-state index contributed by atoms with van der Waals surface area (Å²) in [4.78, 5) is 1.99. The van der Waals surface area contributed by atoms with E-state index in [1.54, 1.807) is 12.1 Å². The number of halogens is 1. The molecule has 0 radical (unpaired) electrons. The molecule has 1 atom stereocenters. The molecule has 0 spiro atoms. The van der Waals surface area contributed by atoms with Crippen LogP contribution in [0.2, 0.25) is 0 Å². The number of nitrogens with two attached hydrogens (primary N) is 1. The molecule has 0 amide bonds. The smallest absolute Gasteiger partial charge is 0.153 e. The Morgan fingerprint density at radius 1 is 1.48 bits per heavy atom. The minimum atomic E-state index is -2.95. The van der Waals surface area contributed by atoms with E-state index in [1.807, 2.05) is 11.8 Å². The molecule has 2 rings (SSSR count). The third-order valence-corrected chi connectivity index (χ3v) is 5.36. The Hall–Kier alpha value is -1.42. The normalized spacial score (nSPS) is 21.6. The van der Waals surface area contributed by atoms with Crippen molar-refractivity contribution >= 4 is 9.84 Å². The van der Waals surface area contributed by atoms with E-state index in [4.69, 9.17) is 5.73 Å². The van der Waals surface area contributed by atoms with Gasteiger partial charge in [-0.2, -0.15) is 0 Å². The molecule has 114 valence electrons. The van der Waals surface area contributed by atoms with Gasteiger partial charge in [-0.25, -0.2) is 12.8 Å². The van der Waals surface area contributed by atoms with E-state index in [1.165, 1.54) is 6.07 Å². The van der Waals surface area contributed by atoms with E-state index >= 15 is 0 Å². The Kier molecular flexibility index (Phi) is 4.99. The first kappa shape index (κ1) is 16.0. The van der Waals surface area contributed by atoms with Crippen LogP contribution in [0, 0.1) is 17.7 Å². The van der Waals surface area contributed by atoms with Gasteiger partial charge in [0.05, 0.1) is 18.1 Å². The zero-order chi connectivity index (χ0) is 15.5. The van der Waals surface area contributed by atoms with Gasteiger partial charge in [-0.05, 0) is 19.1 Å². The number of rotatable bonds is 2. The lowest BCUT2D eigenvalue weighted by molar-refractivity contribution is 0.215. The van der Waals surface area contributed by atoms with Crippen LogP contribution in [0.25, 0.3) is 0 Å². The van der Waals surface area contributed by atoms with Crippen LogP contribution in [0.3, 0.4) is 0 Å². The van der Waals surface area contributed by atoms with Crippen LogP contribution in [-0.4, -0.2) is 44.0 Å². The zero-order valence-electron chi connectivity index (χ0n) is 12.0. The van der Waals surface area contributed by atoms with Crippen LogP contribution in [0.5, 0.6) is 0 Å². The summed E-state index contributed by atoms with van der Waals surface area (Å²) in [5.74, 6) is 5.42. The predicted octanol–water partition coefficient (Wildman–Crippen LogP) is 0.755. The minimum absolute atomic E-state index is 0.0974. The van der Waals surface area contributed by atoms with Crippen LogP contribution >= 0.6 is 0 Å². The maximum atomic E-state index is 14.1. The first-order valence-electron chi connectivity index (χ1n) is 6.83. The average Bonchev–Trinajstić information content (AvgIpc) is 2.41. The summed E-state index contributed by atoms with van der Waals surface area (Å²) in [6.45, 7) is 2.95. The molecule has 1 fully saturated rings. The summed E-state index contributed by atoms with van der Waals surface area (Å²) in [6.07, 6.45) is 0. The Labute approximate surface area is 125 Å². The van der Waals surface area contributed by atoms with Gasteiger partial charge < -0.3 is 5.73 Å². The molecule has 1 unspecified atom stereocenters. The summed E-state index contributed by atoms with van der Waals surface area (Å²) in [6, 6.07) is 4.75. The molecule has 0 aromatic heterocycles. The molecule has 1 aliphatic heterocycles. The van der Waals surface area contributed by atoms with Gasteiger partial charge >= 0.3 is 0 Å². The molecular formula is C15H19FN2O2S. The maximum absolute atomic E-state index is 14.1. The zero-order valence-corrected chi connectivity index (χ0v) is 12.8. The molecule has 1 saturated heterocycles. The van der Waals surface area contributed by atoms with E-state index in [9.17, 15) is 12.8 Å². The molecular weight excluding hydrogens is 291 g/mol. The highest BCUT2D eigenvalue weighted by molar-refractivity contribution is 7.91. The van der Waals surface area contributed by atoms with Gasteiger partial charge in [0.1, 0.15) is 5.82 Å². The second-order valence-corrected chi connectivity index (χ2v) is 7.47. The van der Waals surface area contributed by atoms with Crippen molar-refractivity contribution in [3.63, 3.8) is 0 Å². The lowest BCUT2D eigenvalue weighted by Gasteiger charge is -2.33. The van der Waals surface area contributed by atoms with Crippen LogP contribution in [0.1, 0.15) is 18.1 Å². The third-order valence-electron chi connectivity index (χ3n) is 3.57. The number of sulfone groups is 1. The summed E-state index contributed by atoms with van der Waals surface area (Å²) in [7, 11) is -2.95. The second-order valence-electron chi connectivity index (χ2n) is 5.25.